The highest BCUT2D eigenvalue weighted by Crippen LogP contribution is 2.34. The van der Waals surface area contributed by atoms with Crippen molar-refractivity contribution in [2.45, 2.75) is 4.90 Å². The molecule has 1 aliphatic rings. The second-order valence-electron chi connectivity index (χ2n) is 7.29. The molecule has 10 heteroatoms. The summed E-state index contributed by atoms with van der Waals surface area (Å²) in [5.74, 6) is 0.365. The van der Waals surface area contributed by atoms with Crippen LogP contribution in [0.25, 0.3) is 0 Å². The quantitative estimate of drug-likeness (QED) is 0.664. The van der Waals surface area contributed by atoms with Gasteiger partial charge in [-0.15, -0.1) is 0 Å². The van der Waals surface area contributed by atoms with Gasteiger partial charge in [0.25, 0.3) is 15.9 Å². The Morgan fingerprint density at radius 2 is 1.77 bits per heavy atom. The van der Waals surface area contributed by atoms with Crippen LogP contribution in [0.2, 0.25) is 0 Å². The molecule has 1 amide bonds. The van der Waals surface area contributed by atoms with Gasteiger partial charge in [-0.25, -0.2) is 8.42 Å². The highest BCUT2D eigenvalue weighted by Gasteiger charge is 2.25. The number of anilines is 2. The Kier molecular flexibility index (Phi) is 6.91. The van der Waals surface area contributed by atoms with Crippen molar-refractivity contribution in [1.29, 1.82) is 0 Å². The number of amides is 1. The summed E-state index contributed by atoms with van der Waals surface area (Å²) in [6.45, 7) is 3.01. The monoisotopic (exact) mass is 448 g/mol. The number of hydrogen-bond donors (Lipinski definition) is 2. The fraction of sp³-hybridized carbons (Fsp3) is 0.381. The number of carbonyl (C=O) groups is 1. The number of hydrogen-bond acceptors (Lipinski definition) is 7. The van der Waals surface area contributed by atoms with E-state index in [0.29, 0.717) is 22.7 Å². The highest BCUT2D eigenvalue weighted by atomic mass is 32.2. The summed E-state index contributed by atoms with van der Waals surface area (Å²) >= 11 is 0. The zero-order valence-electron chi connectivity index (χ0n) is 18.1. The molecule has 0 aliphatic carbocycles. The molecule has 1 aliphatic heterocycles. The third-order valence-electron chi connectivity index (χ3n) is 5.01. The number of rotatable bonds is 7. The van der Waals surface area contributed by atoms with Crippen LogP contribution < -0.4 is 24.4 Å². The van der Waals surface area contributed by atoms with Crippen LogP contribution in [0.1, 0.15) is 10.4 Å². The Morgan fingerprint density at radius 3 is 2.39 bits per heavy atom. The van der Waals surface area contributed by atoms with E-state index in [9.17, 15) is 13.2 Å². The van der Waals surface area contributed by atoms with Crippen molar-refractivity contribution in [2.75, 3.05) is 64.1 Å². The fourth-order valence-corrected chi connectivity index (χ4v) is 4.63. The molecule has 1 heterocycles. The van der Waals surface area contributed by atoms with E-state index in [2.05, 4.69) is 14.9 Å². The van der Waals surface area contributed by atoms with Crippen LogP contribution in [0.5, 0.6) is 11.5 Å². The van der Waals surface area contributed by atoms with Gasteiger partial charge in [0.05, 0.1) is 25.6 Å². The van der Waals surface area contributed by atoms with Gasteiger partial charge in [-0.05, 0) is 30.3 Å². The Labute approximate surface area is 183 Å². The average Bonchev–Trinajstić information content (AvgIpc) is 2.78. The molecule has 1 fully saturated rings. The molecule has 2 N–H and O–H groups in total. The first-order valence-electron chi connectivity index (χ1n) is 9.83. The lowest BCUT2D eigenvalue weighted by molar-refractivity contribution is 0.0827. The maximum atomic E-state index is 13.3. The summed E-state index contributed by atoms with van der Waals surface area (Å²) in [4.78, 5) is 16.0. The molecule has 9 nitrogen and oxygen atoms in total. The molecule has 0 spiro atoms. The van der Waals surface area contributed by atoms with Crippen LogP contribution >= 0.6 is 0 Å². The standard InChI is InChI=1S/C21H28N4O5S/c1-24(2)21(26)15-5-7-18(25-11-9-22-10-12-25)17(13-15)23-31(27,28)20-14-16(29-3)6-8-19(20)30-4/h5-8,13-14,22-23H,9-12H2,1-4H3. The van der Waals surface area contributed by atoms with Crippen molar-refractivity contribution in [3.8, 4) is 11.5 Å². The van der Waals surface area contributed by atoms with E-state index in [1.54, 1.807) is 38.4 Å². The van der Waals surface area contributed by atoms with Gasteiger partial charge in [-0.1, -0.05) is 0 Å². The number of nitrogens with one attached hydrogen (secondary N) is 2. The molecular weight excluding hydrogens is 420 g/mol. The first kappa shape index (κ1) is 22.7. The van der Waals surface area contributed by atoms with Gasteiger partial charge in [0.1, 0.15) is 16.4 Å². The van der Waals surface area contributed by atoms with Crippen molar-refractivity contribution in [1.82, 2.24) is 10.2 Å². The molecule has 0 atom stereocenters. The minimum absolute atomic E-state index is 0.0510. The van der Waals surface area contributed by atoms with Gasteiger partial charge in [0.2, 0.25) is 0 Å². The van der Waals surface area contributed by atoms with Gasteiger partial charge in [-0.2, -0.15) is 0 Å². The number of piperazine rings is 1. The van der Waals surface area contributed by atoms with E-state index in [0.717, 1.165) is 26.2 Å². The predicted molar refractivity (Wildman–Crippen MR) is 120 cm³/mol. The lowest BCUT2D eigenvalue weighted by Gasteiger charge is -2.31. The number of sulfonamides is 1. The molecule has 2 aromatic carbocycles. The fourth-order valence-electron chi connectivity index (χ4n) is 3.38. The van der Waals surface area contributed by atoms with Crippen LogP contribution in [0.15, 0.2) is 41.3 Å². The Morgan fingerprint density at radius 1 is 1.06 bits per heavy atom. The molecule has 168 valence electrons. The van der Waals surface area contributed by atoms with Crippen molar-refractivity contribution < 1.29 is 22.7 Å². The average molecular weight is 449 g/mol. The van der Waals surface area contributed by atoms with Crippen LogP contribution in [-0.2, 0) is 10.0 Å². The van der Waals surface area contributed by atoms with Crippen molar-refractivity contribution >= 4 is 27.3 Å². The van der Waals surface area contributed by atoms with Crippen molar-refractivity contribution in [3.63, 3.8) is 0 Å². The van der Waals surface area contributed by atoms with Crippen LogP contribution in [-0.4, -0.2) is 73.7 Å². The van der Waals surface area contributed by atoms with Crippen molar-refractivity contribution in [3.05, 3.63) is 42.0 Å². The molecule has 0 bridgehead atoms. The summed E-state index contributed by atoms with van der Waals surface area (Å²) < 4.78 is 39.8. The largest absolute Gasteiger partial charge is 0.497 e. The molecular formula is C21H28N4O5S. The number of methoxy groups -OCH3 is 2. The lowest BCUT2D eigenvalue weighted by Crippen LogP contribution is -2.43. The predicted octanol–water partition coefficient (Wildman–Crippen LogP) is 1.62. The Balaban J connectivity index is 2.07. The minimum atomic E-state index is -4.03. The van der Waals surface area contributed by atoms with Gasteiger partial charge < -0.3 is 24.6 Å². The van der Waals surface area contributed by atoms with Gasteiger partial charge in [0, 0.05) is 51.9 Å². The maximum absolute atomic E-state index is 13.3. The smallest absolute Gasteiger partial charge is 0.265 e. The summed E-state index contributed by atoms with van der Waals surface area (Å²) in [6, 6.07) is 9.63. The van der Waals surface area contributed by atoms with E-state index < -0.39 is 10.0 Å². The zero-order valence-corrected chi connectivity index (χ0v) is 19.0. The second kappa shape index (κ2) is 9.44. The zero-order chi connectivity index (χ0) is 22.6. The molecule has 0 unspecified atom stereocenters. The van der Waals surface area contributed by atoms with Crippen LogP contribution in [0, 0.1) is 0 Å². The van der Waals surface area contributed by atoms with Crippen molar-refractivity contribution in [2.24, 2.45) is 0 Å². The summed E-state index contributed by atoms with van der Waals surface area (Å²) in [7, 11) is 2.13. The van der Waals surface area contributed by atoms with E-state index >= 15 is 0 Å². The summed E-state index contributed by atoms with van der Waals surface area (Å²) in [5, 5.41) is 3.28. The molecule has 0 radical (unpaired) electrons. The topological polar surface area (TPSA) is 100 Å². The third-order valence-corrected chi connectivity index (χ3v) is 6.40. The summed E-state index contributed by atoms with van der Waals surface area (Å²) in [6.07, 6.45) is 0. The number of ether oxygens (including phenoxy) is 2. The minimum Gasteiger partial charge on any atom is -0.497 e. The van der Waals surface area contributed by atoms with Gasteiger partial charge in [-0.3, -0.25) is 9.52 Å². The molecule has 0 saturated carbocycles. The molecule has 3 rings (SSSR count). The Bertz CT molecular complexity index is 1050. The molecule has 0 aromatic heterocycles. The van der Waals surface area contributed by atoms with E-state index in [1.165, 1.54) is 31.3 Å². The SMILES string of the molecule is COc1ccc(OC)c(S(=O)(=O)Nc2cc(C(=O)N(C)C)ccc2N2CCNCC2)c1. The molecule has 31 heavy (non-hydrogen) atoms. The first-order chi connectivity index (χ1) is 14.8. The van der Waals surface area contributed by atoms with E-state index in [-0.39, 0.29) is 16.6 Å². The Hall–Kier alpha value is -2.98. The first-order valence-corrected chi connectivity index (χ1v) is 11.3. The number of benzene rings is 2. The summed E-state index contributed by atoms with van der Waals surface area (Å²) in [5.41, 5.74) is 1.43. The van der Waals surface area contributed by atoms with Crippen LogP contribution in [0.4, 0.5) is 11.4 Å². The van der Waals surface area contributed by atoms with E-state index in [1.807, 2.05) is 0 Å². The van der Waals surface area contributed by atoms with Gasteiger partial charge in [0.15, 0.2) is 0 Å². The lowest BCUT2D eigenvalue weighted by atomic mass is 10.1. The normalized spacial score (nSPS) is 14.1. The molecule has 1 saturated heterocycles. The number of carbonyl (C=O) groups excluding carboxylic acids is 1. The second-order valence-corrected chi connectivity index (χ2v) is 8.94. The third kappa shape index (κ3) is 5.02. The number of nitrogens with zero attached hydrogens (tertiary/aromatic N) is 2. The maximum Gasteiger partial charge on any atom is 0.265 e. The molecule has 2 aromatic rings. The van der Waals surface area contributed by atoms with E-state index in [4.69, 9.17) is 9.47 Å². The highest BCUT2D eigenvalue weighted by molar-refractivity contribution is 7.92. The van der Waals surface area contributed by atoms with Crippen LogP contribution in [0.3, 0.4) is 0 Å². The van der Waals surface area contributed by atoms with Gasteiger partial charge >= 0.3 is 0 Å².